The number of benzene rings is 2. The van der Waals surface area contributed by atoms with Crippen LogP contribution in [0.15, 0.2) is 48.5 Å². The van der Waals surface area contributed by atoms with E-state index in [1.165, 1.54) is 0 Å². The molecule has 2 aromatic rings. The molecule has 0 radical (unpaired) electrons. The maximum atomic E-state index is 11.8. The predicted octanol–water partition coefficient (Wildman–Crippen LogP) is 2.06. The molecule has 3 rings (SSSR count). The SMILES string of the molecule is O=C(CC(=O)Nc1ccccc1)NCc1ccc2c(c1)OCO2. The highest BCUT2D eigenvalue weighted by atomic mass is 16.7. The monoisotopic (exact) mass is 312 g/mol. The van der Waals surface area contributed by atoms with E-state index < -0.39 is 0 Å². The molecule has 1 heterocycles. The van der Waals surface area contributed by atoms with Crippen LogP contribution in [0.25, 0.3) is 0 Å². The molecule has 0 fully saturated rings. The molecule has 0 saturated heterocycles. The van der Waals surface area contributed by atoms with E-state index in [9.17, 15) is 9.59 Å². The summed E-state index contributed by atoms with van der Waals surface area (Å²) in [5.41, 5.74) is 1.55. The number of carbonyl (C=O) groups excluding carboxylic acids is 2. The molecule has 6 heteroatoms. The van der Waals surface area contributed by atoms with E-state index in [4.69, 9.17) is 9.47 Å². The summed E-state index contributed by atoms with van der Waals surface area (Å²) in [4.78, 5) is 23.6. The highest BCUT2D eigenvalue weighted by Crippen LogP contribution is 2.32. The van der Waals surface area contributed by atoms with Gasteiger partial charge in [0.05, 0.1) is 0 Å². The van der Waals surface area contributed by atoms with Crippen LogP contribution in [-0.4, -0.2) is 18.6 Å². The lowest BCUT2D eigenvalue weighted by Gasteiger charge is -2.07. The van der Waals surface area contributed by atoms with Crippen LogP contribution in [0.4, 0.5) is 5.69 Å². The van der Waals surface area contributed by atoms with E-state index in [-0.39, 0.29) is 25.0 Å². The van der Waals surface area contributed by atoms with E-state index in [1.807, 2.05) is 30.3 Å². The zero-order valence-corrected chi connectivity index (χ0v) is 12.4. The molecule has 1 aliphatic rings. The van der Waals surface area contributed by atoms with Gasteiger partial charge in [-0.2, -0.15) is 0 Å². The molecule has 6 nitrogen and oxygen atoms in total. The molecule has 0 saturated carbocycles. The van der Waals surface area contributed by atoms with Gasteiger partial charge in [0.15, 0.2) is 11.5 Å². The molecule has 0 aromatic heterocycles. The second-order valence-electron chi connectivity index (χ2n) is 5.06. The van der Waals surface area contributed by atoms with Gasteiger partial charge in [0.1, 0.15) is 6.42 Å². The van der Waals surface area contributed by atoms with Gasteiger partial charge in [-0.15, -0.1) is 0 Å². The summed E-state index contributed by atoms with van der Waals surface area (Å²) >= 11 is 0. The highest BCUT2D eigenvalue weighted by molar-refractivity contribution is 6.03. The van der Waals surface area contributed by atoms with Crippen molar-refractivity contribution >= 4 is 17.5 Å². The Labute approximate surface area is 133 Å². The molecule has 2 amide bonds. The second-order valence-corrected chi connectivity index (χ2v) is 5.06. The normalized spacial score (nSPS) is 11.8. The molecule has 23 heavy (non-hydrogen) atoms. The number of anilines is 1. The fraction of sp³-hybridized carbons (Fsp3) is 0.176. The van der Waals surface area contributed by atoms with Gasteiger partial charge >= 0.3 is 0 Å². The Balaban J connectivity index is 1.47. The number of rotatable bonds is 5. The van der Waals surface area contributed by atoms with E-state index in [2.05, 4.69) is 10.6 Å². The summed E-state index contributed by atoms with van der Waals surface area (Å²) in [6.07, 6.45) is -0.223. The summed E-state index contributed by atoms with van der Waals surface area (Å²) in [5, 5.41) is 5.38. The highest BCUT2D eigenvalue weighted by Gasteiger charge is 2.14. The molecule has 0 unspecified atom stereocenters. The number of nitrogens with one attached hydrogen (secondary N) is 2. The Bertz CT molecular complexity index is 716. The van der Waals surface area contributed by atoms with Crippen molar-refractivity contribution in [1.29, 1.82) is 0 Å². The summed E-state index contributed by atoms with van der Waals surface area (Å²) in [6.45, 7) is 0.541. The van der Waals surface area contributed by atoms with Crippen LogP contribution < -0.4 is 20.1 Å². The van der Waals surface area contributed by atoms with Crippen LogP contribution in [-0.2, 0) is 16.1 Å². The van der Waals surface area contributed by atoms with Crippen LogP contribution in [0.2, 0.25) is 0 Å². The lowest BCUT2D eigenvalue weighted by molar-refractivity contribution is -0.126. The third kappa shape index (κ3) is 4.00. The van der Waals surface area contributed by atoms with E-state index in [0.29, 0.717) is 23.7 Å². The third-order valence-corrected chi connectivity index (χ3v) is 3.31. The van der Waals surface area contributed by atoms with Crippen LogP contribution >= 0.6 is 0 Å². The van der Waals surface area contributed by atoms with Gasteiger partial charge in [-0.3, -0.25) is 9.59 Å². The van der Waals surface area contributed by atoms with Crippen molar-refractivity contribution in [2.45, 2.75) is 13.0 Å². The van der Waals surface area contributed by atoms with Gasteiger partial charge in [-0.05, 0) is 29.8 Å². The van der Waals surface area contributed by atoms with Crippen LogP contribution in [0.5, 0.6) is 11.5 Å². The van der Waals surface area contributed by atoms with Gasteiger partial charge < -0.3 is 20.1 Å². The molecule has 118 valence electrons. The van der Waals surface area contributed by atoms with Crippen LogP contribution in [0, 0.1) is 0 Å². The molecule has 2 N–H and O–H groups in total. The smallest absolute Gasteiger partial charge is 0.233 e. The standard InChI is InChI=1S/C17H16N2O4/c20-16(9-17(21)19-13-4-2-1-3-5-13)18-10-12-6-7-14-15(8-12)23-11-22-14/h1-8H,9-11H2,(H,18,20)(H,19,21). The average Bonchev–Trinajstić information content (AvgIpc) is 3.01. The Morgan fingerprint density at radius 3 is 2.57 bits per heavy atom. The first-order valence-electron chi connectivity index (χ1n) is 7.21. The minimum absolute atomic E-state index is 0.213. The molecule has 0 atom stereocenters. The largest absolute Gasteiger partial charge is 0.454 e. The number of amides is 2. The Morgan fingerprint density at radius 2 is 1.74 bits per heavy atom. The first-order chi connectivity index (χ1) is 11.2. The second kappa shape index (κ2) is 6.83. The summed E-state index contributed by atoms with van der Waals surface area (Å²) in [7, 11) is 0. The Morgan fingerprint density at radius 1 is 0.957 bits per heavy atom. The number of hydrogen-bond donors (Lipinski definition) is 2. The molecule has 1 aliphatic heterocycles. The van der Waals surface area contributed by atoms with Crippen molar-refractivity contribution in [3.63, 3.8) is 0 Å². The summed E-state index contributed by atoms with van der Waals surface area (Å²) < 4.78 is 10.5. The number of para-hydroxylation sites is 1. The molecular formula is C17H16N2O4. The fourth-order valence-corrected chi connectivity index (χ4v) is 2.19. The van der Waals surface area contributed by atoms with Crippen molar-refractivity contribution in [2.24, 2.45) is 0 Å². The van der Waals surface area contributed by atoms with E-state index in [1.54, 1.807) is 18.2 Å². The lowest BCUT2D eigenvalue weighted by atomic mass is 10.2. The van der Waals surface area contributed by atoms with Gasteiger partial charge in [0.25, 0.3) is 0 Å². The predicted molar refractivity (Wildman–Crippen MR) is 84.1 cm³/mol. The maximum Gasteiger partial charge on any atom is 0.233 e. The van der Waals surface area contributed by atoms with Gasteiger partial charge in [-0.25, -0.2) is 0 Å². The third-order valence-electron chi connectivity index (χ3n) is 3.31. The van der Waals surface area contributed by atoms with Crippen molar-refractivity contribution in [3.05, 3.63) is 54.1 Å². The molecule has 0 spiro atoms. The van der Waals surface area contributed by atoms with Gasteiger partial charge in [-0.1, -0.05) is 24.3 Å². The zero-order chi connectivity index (χ0) is 16.1. The number of carbonyl (C=O) groups is 2. The average molecular weight is 312 g/mol. The first kappa shape index (κ1) is 14.9. The van der Waals surface area contributed by atoms with E-state index >= 15 is 0 Å². The topological polar surface area (TPSA) is 76.7 Å². The molecular weight excluding hydrogens is 296 g/mol. The number of hydrogen-bond acceptors (Lipinski definition) is 4. The maximum absolute atomic E-state index is 11.8. The van der Waals surface area contributed by atoms with Gasteiger partial charge in [0.2, 0.25) is 18.6 Å². The van der Waals surface area contributed by atoms with Crippen LogP contribution in [0.1, 0.15) is 12.0 Å². The lowest BCUT2D eigenvalue weighted by Crippen LogP contribution is -2.27. The minimum Gasteiger partial charge on any atom is -0.454 e. The summed E-state index contributed by atoms with van der Waals surface area (Å²) in [5.74, 6) is 0.677. The van der Waals surface area contributed by atoms with E-state index in [0.717, 1.165) is 5.56 Å². The van der Waals surface area contributed by atoms with Crippen LogP contribution in [0.3, 0.4) is 0 Å². The molecule has 2 aromatic carbocycles. The molecule has 0 bridgehead atoms. The van der Waals surface area contributed by atoms with Gasteiger partial charge in [0, 0.05) is 12.2 Å². The zero-order valence-electron chi connectivity index (χ0n) is 12.4. The Kier molecular flexibility index (Phi) is 4.42. The first-order valence-corrected chi connectivity index (χ1v) is 7.21. The minimum atomic E-state index is -0.348. The Hall–Kier alpha value is -3.02. The number of fused-ring (bicyclic) bond motifs is 1. The van der Waals surface area contributed by atoms with Crippen molar-refractivity contribution < 1.29 is 19.1 Å². The van der Waals surface area contributed by atoms with Crippen molar-refractivity contribution in [1.82, 2.24) is 5.32 Å². The fourth-order valence-electron chi connectivity index (χ4n) is 2.19. The molecule has 0 aliphatic carbocycles. The number of ether oxygens (including phenoxy) is 2. The quantitative estimate of drug-likeness (QED) is 0.829. The summed E-state index contributed by atoms with van der Waals surface area (Å²) in [6, 6.07) is 14.5. The van der Waals surface area contributed by atoms with Crippen molar-refractivity contribution in [3.8, 4) is 11.5 Å². The van der Waals surface area contributed by atoms with Crippen molar-refractivity contribution in [2.75, 3.05) is 12.1 Å².